The first-order valence-electron chi connectivity index (χ1n) is 7.04. The molecule has 6 heteroatoms. The monoisotopic (exact) mass is 301 g/mol. The quantitative estimate of drug-likeness (QED) is 0.480. The molecule has 0 bridgehead atoms. The maximum Gasteiger partial charge on any atom is 0.307 e. The van der Waals surface area contributed by atoms with Crippen LogP contribution in [0.3, 0.4) is 0 Å². The topological polar surface area (TPSA) is 64.6 Å². The zero-order chi connectivity index (χ0) is 15.7. The van der Waals surface area contributed by atoms with E-state index in [9.17, 15) is 9.59 Å². The van der Waals surface area contributed by atoms with E-state index in [0.717, 1.165) is 0 Å². The summed E-state index contributed by atoms with van der Waals surface area (Å²) in [4.78, 5) is 23.1. The van der Waals surface area contributed by atoms with Gasteiger partial charge in [0.2, 0.25) is 5.91 Å². The van der Waals surface area contributed by atoms with Crippen LogP contribution in [-0.2, 0) is 18.8 Å². The van der Waals surface area contributed by atoms with Crippen molar-refractivity contribution in [3.63, 3.8) is 0 Å². The zero-order valence-corrected chi connectivity index (χ0v) is 14.6. The molecule has 0 aromatic rings. The van der Waals surface area contributed by atoms with Gasteiger partial charge in [-0.25, -0.2) is 0 Å². The van der Waals surface area contributed by atoms with Crippen molar-refractivity contribution in [1.82, 2.24) is 5.32 Å². The number of ether oxygens (including phenoxy) is 1. The lowest BCUT2D eigenvalue weighted by molar-refractivity contribution is -0.147. The molecule has 0 radical (unpaired) electrons. The fraction of sp³-hybridized carbons (Fsp3) is 0.857. The van der Waals surface area contributed by atoms with Crippen LogP contribution in [-0.4, -0.2) is 39.4 Å². The van der Waals surface area contributed by atoms with Gasteiger partial charge in [-0.05, 0) is 25.1 Å². The van der Waals surface area contributed by atoms with E-state index >= 15 is 0 Å². The van der Waals surface area contributed by atoms with Crippen molar-refractivity contribution in [3.05, 3.63) is 0 Å². The summed E-state index contributed by atoms with van der Waals surface area (Å²) in [6.45, 7) is 12.7. The Hall–Kier alpha value is -0.883. The predicted octanol–water partition coefficient (Wildman–Crippen LogP) is 2.07. The molecule has 116 valence electrons. The summed E-state index contributed by atoms with van der Waals surface area (Å²) < 4.78 is 10.9. The molecule has 3 unspecified atom stereocenters. The van der Waals surface area contributed by atoms with Gasteiger partial charge in [0.05, 0.1) is 31.6 Å². The van der Waals surface area contributed by atoms with Gasteiger partial charge in [0, 0.05) is 0 Å². The van der Waals surface area contributed by atoms with Gasteiger partial charge in [-0.15, -0.1) is 0 Å². The van der Waals surface area contributed by atoms with Crippen LogP contribution in [0.4, 0.5) is 0 Å². The van der Waals surface area contributed by atoms with Gasteiger partial charge in [0.1, 0.15) is 0 Å². The third-order valence-electron chi connectivity index (χ3n) is 4.47. The molecule has 1 saturated heterocycles. The number of esters is 1. The van der Waals surface area contributed by atoms with Crippen molar-refractivity contribution in [2.24, 2.45) is 5.92 Å². The number of nitrogens with one attached hydrogen (secondary N) is 1. The first-order chi connectivity index (χ1) is 8.99. The maximum absolute atomic E-state index is 11.8. The SMILES string of the molecule is COC(=O)CC1NC(=O)C1C(C)O[Si](C)(C)C(C)(C)C. The van der Waals surface area contributed by atoms with Gasteiger partial charge in [-0.1, -0.05) is 20.8 Å². The first kappa shape index (κ1) is 17.2. The molecule has 0 aromatic heterocycles. The minimum absolute atomic E-state index is 0.0369. The third kappa shape index (κ3) is 3.61. The summed E-state index contributed by atoms with van der Waals surface area (Å²) in [5.74, 6) is -0.604. The second kappa shape index (κ2) is 5.85. The molecule has 1 amide bonds. The molecule has 1 N–H and O–H groups in total. The molecular formula is C14H27NO4Si. The molecule has 0 spiro atoms. The summed E-state index contributed by atoms with van der Waals surface area (Å²) in [5.41, 5.74) is 0. The normalized spacial score (nSPS) is 24.6. The van der Waals surface area contributed by atoms with Gasteiger partial charge in [0.15, 0.2) is 8.32 Å². The van der Waals surface area contributed by atoms with E-state index < -0.39 is 8.32 Å². The van der Waals surface area contributed by atoms with Crippen molar-refractivity contribution < 1.29 is 18.8 Å². The van der Waals surface area contributed by atoms with Crippen molar-refractivity contribution in [3.8, 4) is 0 Å². The molecule has 0 aromatic carbocycles. The molecule has 1 aliphatic rings. The van der Waals surface area contributed by atoms with Gasteiger partial charge >= 0.3 is 5.97 Å². The second-order valence-electron chi connectivity index (χ2n) is 7.00. The van der Waals surface area contributed by atoms with E-state index in [1.54, 1.807) is 0 Å². The Bertz CT molecular complexity index is 389. The van der Waals surface area contributed by atoms with E-state index in [1.807, 2.05) is 6.92 Å². The van der Waals surface area contributed by atoms with Gasteiger partial charge < -0.3 is 14.5 Å². The summed E-state index contributed by atoms with van der Waals surface area (Å²) in [5, 5.41) is 2.86. The Morgan fingerprint density at radius 1 is 1.40 bits per heavy atom. The molecule has 1 aliphatic heterocycles. The Kier molecular flexibility index (Phi) is 5.02. The second-order valence-corrected chi connectivity index (χ2v) is 11.8. The van der Waals surface area contributed by atoms with E-state index in [2.05, 4.69) is 43.9 Å². The van der Waals surface area contributed by atoms with Crippen LogP contribution in [0.2, 0.25) is 18.1 Å². The van der Waals surface area contributed by atoms with E-state index in [-0.39, 0.29) is 41.4 Å². The molecule has 3 atom stereocenters. The van der Waals surface area contributed by atoms with E-state index in [4.69, 9.17) is 4.43 Å². The largest absolute Gasteiger partial charge is 0.469 e. The first-order valence-corrected chi connectivity index (χ1v) is 9.95. The molecule has 1 heterocycles. The van der Waals surface area contributed by atoms with Crippen molar-refractivity contribution in [1.29, 1.82) is 0 Å². The maximum atomic E-state index is 11.8. The fourth-order valence-corrected chi connectivity index (χ4v) is 3.58. The highest BCUT2D eigenvalue weighted by molar-refractivity contribution is 6.74. The average molecular weight is 301 g/mol. The lowest BCUT2D eigenvalue weighted by Crippen LogP contribution is -2.64. The predicted molar refractivity (Wildman–Crippen MR) is 79.8 cm³/mol. The Labute approximate surface area is 122 Å². The molecular weight excluding hydrogens is 274 g/mol. The average Bonchev–Trinajstić information content (AvgIpc) is 2.25. The molecule has 0 aliphatic carbocycles. The van der Waals surface area contributed by atoms with Crippen LogP contribution < -0.4 is 5.32 Å². The molecule has 0 saturated carbocycles. The molecule has 20 heavy (non-hydrogen) atoms. The summed E-state index contributed by atoms with van der Waals surface area (Å²) >= 11 is 0. The number of hydrogen-bond donors (Lipinski definition) is 1. The minimum atomic E-state index is -1.92. The number of carbonyl (C=O) groups is 2. The number of carbonyl (C=O) groups excluding carboxylic acids is 2. The zero-order valence-electron chi connectivity index (χ0n) is 13.6. The Balaban J connectivity index is 2.68. The highest BCUT2D eigenvalue weighted by Gasteiger charge is 2.47. The van der Waals surface area contributed by atoms with Crippen molar-refractivity contribution in [2.75, 3.05) is 7.11 Å². The smallest absolute Gasteiger partial charge is 0.307 e. The summed E-state index contributed by atoms with van der Waals surface area (Å²) in [6.07, 6.45) is 0.0253. The van der Waals surface area contributed by atoms with Gasteiger partial charge in [-0.3, -0.25) is 9.59 Å². The van der Waals surface area contributed by atoms with E-state index in [1.165, 1.54) is 7.11 Å². The van der Waals surface area contributed by atoms with Crippen molar-refractivity contribution in [2.45, 2.75) is 64.4 Å². The third-order valence-corrected chi connectivity index (χ3v) is 9.04. The highest BCUT2D eigenvalue weighted by atomic mass is 28.4. The van der Waals surface area contributed by atoms with Gasteiger partial charge in [0.25, 0.3) is 0 Å². The summed E-state index contributed by atoms with van der Waals surface area (Å²) in [7, 11) is -0.562. The minimum Gasteiger partial charge on any atom is -0.469 e. The lowest BCUT2D eigenvalue weighted by Gasteiger charge is -2.45. The fourth-order valence-electron chi connectivity index (χ4n) is 2.15. The number of methoxy groups -OCH3 is 1. The van der Waals surface area contributed by atoms with Gasteiger partial charge in [-0.2, -0.15) is 0 Å². The highest BCUT2D eigenvalue weighted by Crippen LogP contribution is 2.39. The Morgan fingerprint density at radius 2 is 1.95 bits per heavy atom. The van der Waals surface area contributed by atoms with Crippen LogP contribution in [0.5, 0.6) is 0 Å². The van der Waals surface area contributed by atoms with Crippen LogP contribution in [0.1, 0.15) is 34.1 Å². The molecule has 5 nitrogen and oxygen atoms in total. The van der Waals surface area contributed by atoms with Crippen molar-refractivity contribution >= 4 is 20.2 Å². The number of rotatable bonds is 5. The molecule has 1 rings (SSSR count). The number of hydrogen-bond acceptors (Lipinski definition) is 4. The van der Waals surface area contributed by atoms with E-state index in [0.29, 0.717) is 0 Å². The summed E-state index contributed by atoms with van der Waals surface area (Å²) in [6, 6.07) is -0.172. The van der Waals surface area contributed by atoms with Crippen LogP contribution in [0.25, 0.3) is 0 Å². The van der Waals surface area contributed by atoms with Crippen LogP contribution >= 0.6 is 0 Å². The van der Waals surface area contributed by atoms with Crippen LogP contribution in [0.15, 0.2) is 0 Å². The molecule has 1 fully saturated rings. The number of β-lactam (4-membered cyclic amide) rings is 1. The lowest BCUT2D eigenvalue weighted by atomic mass is 9.84. The van der Waals surface area contributed by atoms with Crippen LogP contribution in [0, 0.1) is 5.92 Å². The number of amides is 1. The standard InChI is InChI=1S/C14H27NO4Si/c1-9(19-20(6,7)14(2,3)4)12-10(15-13(12)17)8-11(16)18-5/h9-10,12H,8H2,1-7H3,(H,15,17). The Morgan fingerprint density at radius 3 is 2.35 bits per heavy atom.